The monoisotopic (exact) mass is 447 g/mol. The van der Waals surface area contributed by atoms with Crippen molar-refractivity contribution < 1.29 is 9.59 Å². The Bertz CT molecular complexity index is 945. The number of carbonyl (C=O) groups is 2. The first-order chi connectivity index (χ1) is 16.0. The average molecular weight is 448 g/mol. The first kappa shape index (κ1) is 24.3. The number of amides is 3. The lowest BCUT2D eigenvalue weighted by molar-refractivity contribution is 0.0795. The normalized spacial score (nSPS) is 14.1. The summed E-state index contributed by atoms with van der Waals surface area (Å²) >= 11 is 0. The third-order valence-electron chi connectivity index (χ3n) is 5.84. The fraction of sp³-hybridized carbons (Fsp3) is 0.423. The minimum absolute atomic E-state index is 0.126. The van der Waals surface area contributed by atoms with Crippen molar-refractivity contribution in [2.24, 2.45) is 5.92 Å². The number of benzene rings is 2. The van der Waals surface area contributed by atoms with Crippen molar-refractivity contribution in [1.29, 1.82) is 5.26 Å². The molecule has 0 aromatic heterocycles. The van der Waals surface area contributed by atoms with Gasteiger partial charge in [0.2, 0.25) is 0 Å². The Morgan fingerprint density at radius 2 is 1.70 bits per heavy atom. The molecule has 7 heteroatoms. The van der Waals surface area contributed by atoms with E-state index in [1.165, 1.54) is 10.5 Å². The number of rotatable bonds is 8. The van der Waals surface area contributed by atoms with Gasteiger partial charge in [-0.1, -0.05) is 44.2 Å². The molecule has 7 nitrogen and oxygen atoms in total. The maximum atomic E-state index is 13.0. The SMILES string of the molecule is CC(C)CCN(C(=O)NCC#N)C(=O)c1ccc(N2CCN(Cc3ccccc3)CC2)cc1. The third-order valence-corrected chi connectivity index (χ3v) is 5.84. The average Bonchev–Trinajstić information content (AvgIpc) is 2.84. The Morgan fingerprint density at radius 3 is 2.30 bits per heavy atom. The van der Waals surface area contributed by atoms with Crippen LogP contribution in [0, 0.1) is 17.2 Å². The molecule has 33 heavy (non-hydrogen) atoms. The van der Waals surface area contributed by atoms with Gasteiger partial charge in [-0.3, -0.25) is 14.6 Å². The van der Waals surface area contributed by atoms with E-state index in [2.05, 4.69) is 39.4 Å². The van der Waals surface area contributed by atoms with Crippen LogP contribution in [0.15, 0.2) is 54.6 Å². The molecule has 0 spiro atoms. The predicted molar refractivity (Wildman–Crippen MR) is 130 cm³/mol. The van der Waals surface area contributed by atoms with Gasteiger partial charge in [0.15, 0.2) is 0 Å². The molecule has 0 aliphatic carbocycles. The zero-order valence-electron chi connectivity index (χ0n) is 19.5. The van der Waals surface area contributed by atoms with Gasteiger partial charge in [0, 0.05) is 50.5 Å². The lowest BCUT2D eigenvalue weighted by Crippen LogP contribution is -2.46. The summed E-state index contributed by atoms with van der Waals surface area (Å²) in [5.41, 5.74) is 2.88. The van der Waals surface area contributed by atoms with E-state index < -0.39 is 6.03 Å². The number of hydrogen-bond donors (Lipinski definition) is 1. The van der Waals surface area contributed by atoms with E-state index in [1.807, 2.05) is 38.1 Å². The number of urea groups is 1. The molecular formula is C26H33N5O2. The highest BCUT2D eigenvalue weighted by Gasteiger charge is 2.23. The van der Waals surface area contributed by atoms with Crippen LogP contribution in [0.3, 0.4) is 0 Å². The summed E-state index contributed by atoms with van der Waals surface area (Å²) in [5, 5.41) is 11.2. The van der Waals surface area contributed by atoms with Crippen molar-refractivity contribution >= 4 is 17.6 Å². The van der Waals surface area contributed by atoms with Crippen LogP contribution in [0.25, 0.3) is 0 Å². The zero-order chi connectivity index (χ0) is 23.6. The topological polar surface area (TPSA) is 79.7 Å². The number of imide groups is 1. The molecule has 3 amide bonds. The Hall–Kier alpha value is -3.37. The highest BCUT2D eigenvalue weighted by molar-refractivity contribution is 6.04. The molecule has 2 aromatic carbocycles. The molecular weight excluding hydrogens is 414 g/mol. The lowest BCUT2D eigenvalue weighted by Gasteiger charge is -2.36. The van der Waals surface area contributed by atoms with E-state index in [0.717, 1.165) is 38.4 Å². The standard InChI is InChI=1S/C26H33N5O2/c1-21(2)12-15-31(26(33)28-14-13-27)25(32)23-8-10-24(11-9-23)30-18-16-29(17-19-30)20-22-6-4-3-5-7-22/h3-11,21H,12,14-20H2,1-2H3,(H,28,33). The van der Waals surface area contributed by atoms with Gasteiger partial charge in [-0.05, 0) is 42.2 Å². The van der Waals surface area contributed by atoms with E-state index in [9.17, 15) is 9.59 Å². The largest absolute Gasteiger partial charge is 0.369 e. The van der Waals surface area contributed by atoms with Gasteiger partial charge in [0.25, 0.3) is 5.91 Å². The lowest BCUT2D eigenvalue weighted by atomic mass is 10.1. The predicted octanol–water partition coefficient (Wildman–Crippen LogP) is 3.73. The number of nitrogens with one attached hydrogen (secondary N) is 1. The Labute approximate surface area is 196 Å². The van der Waals surface area contributed by atoms with Crippen LogP contribution in [0.2, 0.25) is 0 Å². The van der Waals surface area contributed by atoms with Gasteiger partial charge in [-0.25, -0.2) is 4.79 Å². The summed E-state index contributed by atoms with van der Waals surface area (Å²) in [7, 11) is 0. The summed E-state index contributed by atoms with van der Waals surface area (Å²) in [5.74, 6) is 0.0114. The maximum Gasteiger partial charge on any atom is 0.325 e. The van der Waals surface area contributed by atoms with Gasteiger partial charge in [-0.15, -0.1) is 0 Å². The van der Waals surface area contributed by atoms with Crippen LogP contribution in [-0.4, -0.2) is 61.0 Å². The first-order valence-corrected chi connectivity index (χ1v) is 11.6. The van der Waals surface area contributed by atoms with Crippen LogP contribution >= 0.6 is 0 Å². The molecule has 0 atom stereocenters. The molecule has 1 fully saturated rings. The van der Waals surface area contributed by atoms with E-state index >= 15 is 0 Å². The van der Waals surface area contributed by atoms with Crippen molar-refractivity contribution in [3.05, 3.63) is 65.7 Å². The summed E-state index contributed by atoms with van der Waals surface area (Å²) in [6.07, 6.45) is 0.705. The van der Waals surface area contributed by atoms with Crippen molar-refractivity contribution in [3.63, 3.8) is 0 Å². The molecule has 1 aliphatic heterocycles. The van der Waals surface area contributed by atoms with Crippen molar-refractivity contribution in [1.82, 2.24) is 15.1 Å². The molecule has 174 valence electrons. The number of nitriles is 1. The fourth-order valence-electron chi connectivity index (χ4n) is 3.87. The second kappa shape index (κ2) is 12.0. The third kappa shape index (κ3) is 7.06. The molecule has 2 aromatic rings. The molecule has 0 radical (unpaired) electrons. The fourth-order valence-corrected chi connectivity index (χ4v) is 3.87. The van der Waals surface area contributed by atoms with E-state index in [-0.39, 0.29) is 12.5 Å². The maximum absolute atomic E-state index is 13.0. The number of piperazine rings is 1. The second-order valence-electron chi connectivity index (χ2n) is 8.75. The van der Waals surface area contributed by atoms with Crippen molar-refractivity contribution in [2.75, 3.05) is 44.2 Å². The second-order valence-corrected chi connectivity index (χ2v) is 8.75. The quantitative estimate of drug-likeness (QED) is 0.624. The Balaban J connectivity index is 1.59. The molecule has 1 saturated heterocycles. The highest BCUT2D eigenvalue weighted by Crippen LogP contribution is 2.19. The first-order valence-electron chi connectivity index (χ1n) is 11.6. The van der Waals surface area contributed by atoms with E-state index in [1.54, 1.807) is 12.1 Å². The summed E-state index contributed by atoms with van der Waals surface area (Å²) in [6, 6.07) is 19.3. The highest BCUT2D eigenvalue weighted by atomic mass is 16.2. The van der Waals surface area contributed by atoms with E-state index in [4.69, 9.17) is 5.26 Å². The molecule has 3 rings (SSSR count). The molecule has 1 aliphatic rings. The summed E-state index contributed by atoms with van der Waals surface area (Å²) in [6.45, 7) is 9.07. The number of anilines is 1. The van der Waals surface area contributed by atoms with Gasteiger partial charge in [-0.2, -0.15) is 5.26 Å². The van der Waals surface area contributed by atoms with E-state index in [0.29, 0.717) is 24.4 Å². The van der Waals surface area contributed by atoms with Crippen LogP contribution in [0.4, 0.5) is 10.5 Å². The minimum atomic E-state index is -0.527. The number of hydrogen-bond acceptors (Lipinski definition) is 5. The van der Waals surface area contributed by atoms with Crippen LogP contribution in [0.1, 0.15) is 36.2 Å². The van der Waals surface area contributed by atoms with Crippen LogP contribution < -0.4 is 10.2 Å². The van der Waals surface area contributed by atoms with Crippen molar-refractivity contribution in [2.45, 2.75) is 26.8 Å². The Kier molecular flexibility index (Phi) is 8.85. The molecule has 0 bridgehead atoms. The van der Waals surface area contributed by atoms with Crippen LogP contribution in [0.5, 0.6) is 0 Å². The van der Waals surface area contributed by atoms with Crippen molar-refractivity contribution in [3.8, 4) is 6.07 Å². The molecule has 0 saturated carbocycles. The summed E-state index contributed by atoms with van der Waals surface area (Å²) < 4.78 is 0. The molecule has 1 heterocycles. The zero-order valence-corrected chi connectivity index (χ0v) is 19.5. The number of nitrogens with zero attached hydrogens (tertiary/aromatic N) is 4. The van der Waals surface area contributed by atoms with Gasteiger partial charge in [0.05, 0.1) is 6.07 Å². The molecule has 1 N–H and O–H groups in total. The molecule has 0 unspecified atom stereocenters. The Morgan fingerprint density at radius 1 is 1.03 bits per heavy atom. The number of carbonyl (C=O) groups excluding carboxylic acids is 2. The minimum Gasteiger partial charge on any atom is -0.369 e. The van der Waals surface area contributed by atoms with Gasteiger partial charge in [0.1, 0.15) is 6.54 Å². The summed E-state index contributed by atoms with van der Waals surface area (Å²) in [4.78, 5) is 31.4. The smallest absolute Gasteiger partial charge is 0.325 e. The van der Waals surface area contributed by atoms with Crippen LogP contribution in [-0.2, 0) is 6.54 Å². The van der Waals surface area contributed by atoms with Gasteiger partial charge < -0.3 is 10.2 Å². The van der Waals surface area contributed by atoms with Gasteiger partial charge >= 0.3 is 6.03 Å².